The Morgan fingerprint density at radius 1 is 1.00 bits per heavy atom. The number of nitrogens with zero attached hydrogens (tertiary/aromatic N) is 1. The first-order valence-corrected chi connectivity index (χ1v) is 5.19. The first-order valence-electron chi connectivity index (χ1n) is 4.46. The first-order chi connectivity index (χ1) is 5.66. The van der Waals surface area contributed by atoms with Crippen LogP contribution in [0.2, 0.25) is 0 Å². The van der Waals surface area contributed by atoms with E-state index in [4.69, 9.17) is 9.46 Å². The van der Waals surface area contributed by atoms with Crippen molar-refractivity contribution in [2.45, 2.75) is 27.7 Å². The van der Waals surface area contributed by atoms with Crippen LogP contribution in [-0.2, 0) is 4.57 Å². The normalized spacial score (nSPS) is 10.8. The maximum atomic E-state index is 8.35. The molecule has 4 heteroatoms. The second-order valence-electron chi connectivity index (χ2n) is 2.68. The molecule has 0 rings (SSSR count). The average molecular weight is 193 g/mol. The molecule has 74 valence electrons. The van der Waals surface area contributed by atoms with Crippen molar-refractivity contribution in [3.8, 4) is 0 Å². The smallest absolute Gasteiger partial charge is 0.0757 e. The molecule has 0 heterocycles. The van der Waals surface area contributed by atoms with E-state index >= 15 is 0 Å². The Kier molecular flexibility index (Phi) is 11.0. The van der Waals surface area contributed by atoms with Crippen LogP contribution in [0.3, 0.4) is 0 Å². The van der Waals surface area contributed by atoms with Gasteiger partial charge in [-0.25, -0.2) is 0 Å². The van der Waals surface area contributed by atoms with Crippen LogP contribution in [0, 0.1) is 0 Å². The second kappa shape index (κ2) is 9.11. The molecule has 0 aliphatic rings. The summed E-state index contributed by atoms with van der Waals surface area (Å²) in [6, 6.07) is 0. The molecule has 0 spiro atoms. The summed E-state index contributed by atoms with van der Waals surface area (Å²) < 4.78 is 9.62. The molecule has 0 atom stereocenters. The van der Waals surface area contributed by atoms with E-state index in [1.807, 2.05) is 0 Å². The van der Waals surface area contributed by atoms with Gasteiger partial charge in [-0.1, -0.05) is 0 Å². The zero-order valence-corrected chi connectivity index (χ0v) is 9.43. The third-order valence-electron chi connectivity index (χ3n) is 2.68. The molecule has 0 saturated heterocycles. The molecule has 3 nitrogen and oxygen atoms in total. The van der Waals surface area contributed by atoms with E-state index in [9.17, 15) is 0 Å². The van der Waals surface area contributed by atoms with Crippen LogP contribution in [0.1, 0.15) is 27.7 Å². The Labute approximate surface area is 77.3 Å². The molecule has 0 aromatic rings. The SMILES string of the molecule is CC[N+](CC)(CC)CC.O=P[O-]. The van der Waals surface area contributed by atoms with Crippen LogP contribution in [0.15, 0.2) is 0 Å². The maximum Gasteiger partial charge on any atom is 0.0757 e. The highest BCUT2D eigenvalue weighted by Crippen LogP contribution is 2.03. The van der Waals surface area contributed by atoms with Gasteiger partial charge in [-0.3, -0.25) is 4.57 Å². The predicted molar refractivity (Wildman–Crippen MR) is 50.0 cm³/mol. The Balaban J connectivity index is 0. The summed E-state index contributed by atoms with van der Waals surface area (Å²) in [6.45, 7) is 14.2. The minimum Gasteiger partial charge on any atom is -0.772 e. The molecule has 0 radical (unpaired) electrons. The summed E-state index contributed by atoms with van der Waals surface area (Å²) in [7, 11) is -1.08. The van der Waals surface area contributed by atoms with Crippen molar-refractivity contribution in [3.63, 3.8) is 0 Å². The maximum absolute atomic E-state index is 8.35. The Hall–Kier alpha value is 0.0200. The first kappa shape index (κ1) is 14.5. The zero-order valence-electron chi connectivity index (χ0n) is 8.54. The van der Waals surface area contributed by atoms with E-state index in [-0.39, 0.29) is 0 Å². The van der Waals surface area contributed by atoms with E-state index in [1.54, 1.807) is 0 Å². The lowest BCUT2D eigenvalue weighted by atomic mass is 10.3. The number of quaternary nitrogens is 1. The van der Waals surface area contributed by atoms with E-state index in [2.05, 4.69) is 27.7 Å². The van der Waals surface area contributed by atoms with E-state index in [0.29, 0.717) is 0 Å². The van der Waals surface area contributed by atoms with Crippen LogP contribution >= 0.6 is 8.69 Å². The van der Waals surface area contributed by atoms with Crippen molar-refractivity contribution in [2.24, 2.45) is 0 Å². The lowest BCUT2D eigenvalue weighted by Gasteiger charge is -2.34. The highest BCUT2D eigenvalue weighted by atomic mass is 31.1. The average Bonchev–Trinajstić information content (AvgIpc) is 2.11. The fourth-order valence-electron chi connectivity index (χ4n) is 1.34. The number of hydrogen-bond acceptors (Lipinski definition) is 2. The van der Waals surface area contributed by atoms with Gasteiger partial charge >= 0.3 is 0 Å². The fourth-order valence-corrected chi connectivity index (χ4v) is 1.34. The molecule has 0 aliphatic carbocycles. The highest BCUT2D eigenvalue weighted by Gasteiger charge is 2.16. The van der Waals surface area contributed by atoms with E-state index in [1.165, 1.54) is 30.7 Å². The second-order valence-corrected chi connectivity index (χ2v) is 2.83. The number of rotatable bonds is 4. The van der Waals surface area contributed by atoms with Crippen LogP contribution in [-0.4, -0.2) is 30.7 Å². The molecule has 0 amide bonds. The van der Waals surface area contributed by atoms with Gasteiger partial charge in [-0.05, 0) is 27.7 Å². The predicted octanol–water partition coefficient (Wildman–Crippen LogP) is 1.44. The molecule has 0 unspecified atom stereocenters. The molecule has 0 bridgehead atoms. The van der Waals surface area contributed by atoms with Crippen molar-refractivity contribution in [3.05, 3.63) is 0 Å². The summed E-state index contributed by atoms with van der Waals surface area (Å²) in [6.07, 6.45) is 0. The van der Waals surface area contributed by atoms with Crippen molar-refractivity contribution in [1.29, 1.82) is 0 Å². The van der Waals surface area contributed by atoms with Crippen molar-refractivity contribution in [1.82, 2.24) is 0 Å². The van der Waals surface area contributed by atoms with Crippen molar-refractivity contribution < 1.29 is 13.9 Å². The summed E-state index contributed by atoms with van der Waals surface area (Å²) in [5.74, 6) is 0. The number of hydrogen-bond donors (Lipinski definition) is 0. The van der Waals surface area contributed by atoms with Crippen molar-refractivity contribution in [2.75, 3.05) is 26.2 Å². The molecule has 0 aromatic heterocycles. The standard InChI is InChI=1S/C8H20N.HO2P/c1-5-9(6-2,7-3)8-4;1-3-2/h5-8H2,1-4H3;(H,1,2)/q+1;/p-1. The largest absolute Gasteiger partial charge is 0.772 e. The molecule has 0 N–H and O–H groups in total. The van der Waals surface area contributed by atoms with E-state index in [0.717, 1.165) is 0 Å². The Bertz CT molecular complexity index is 87.7. The van der Waals surface area contributed by atoms with Gasteiger partial charge in [0.25, 0.3) is 0 Å². The minimum absolute atomic E-state index is 1.08. The van der Waals surface area contributed by atoms with Crippen LogP contribution in [0.5, 0.6) is 0 Å². The molecule has 0 aromatic carbocycles. The topological polar surface area (TPSA) is 40.1 Å². The Morgan fingerprint density at radius 2 is 1.17 bits per heavy atom. The highest BCUT2D eigenvalue weighted by molar-refractivity contribution is 7.14. The molecular formula is C8H20NO2P. The Morgan fingerprint density at radius 3 is 1.17 bits per heavy atom. The van der Waals surface area contributed by atoms with Crippen molar-refractivity contribution >= 4 is 8.69 Å². The zero-order chi connectivity index (χ0) is 10.0. The molecule has 0 saturated carbocycles. The summed E-state index contributed by atoms with van der Waals surface area (Å²) in [5.41, 5.74) is 0. The molecule has 0 fully saturated rings. The van der Waals surface area contributed by atoms with Gasteiger partial charge in [0.05, 0.1) is 34.9 Å². The minimum atomic E-state index is -1.08. The third-order valence-corrected chi connectivity index (χ3v) is 2.68. The lowest BCUT2D eigenvalue weighted by molar-refractivity contribution is -0.921. The summed E-state index contributed by atoms with van der Waals surface area (Å²) in [4.78, 5) is 8.35. The molecular weight excluding hydrogens is 173 g/mol. The van der Waals surface area contributed by atoms with Gasteiger partial charge in [0, 0.05) is 0 Å². The van der Waals surface area contributed by atoms with Gasteiger partial charge in [-0.2, -0.15) is 0 Å². The lowest BCUT2D eigenvalue weighted by Crippen LogP contribution is -2.47. The van der Waals surface area contributed by atoms with Crippen LogP contribution < -0.4 is 4.89 Å². The van der Waals surface area contributed by atoms with Gasteiger partial charge in [-0.15, -0.1) is 0 Å². The van der Waals surface area contributed by atoms with Gasteiger partial charge in [0.1, 0.15) is 0 Å². The van der Waals surface area contributed by atoms with Crippen LogP contribution in [0.25, 0.3) is 0 Å². The fraction of sp³-hybridized carbons (Fsp3) is 1.00. The molecule has 12 heavy (non-hydrogen) atoms. The monoisotopic (exact) mass is 193 g/mol. The summed E-state index contributed by atoms with van der Waals surface area (Å²) in [5, 5.41) is 0. The van der Waals surface area contributed by atoms with Crippen LogP contribution in [0.4, 0.5) is 0 Å². The molecule has 0 aliphatic heterocycles. The third kappa shape index (κ3) is 5.64. The van der Waals surface area contributed by atoms with E-state index < -0.39 is 8.69 Å². The quantitative estimate of drug-likeness (QED) is 0.500. The van der Waals surface area contributed by atoms with Gasteiger partial charge in [0.2, 0.25) is 0 Å². The van der Waals surface area contributed by atoms with Gasteiger partial charge < -0.3 is 9.38 Å². The van der Waals surface area contributed by atoms with Gasteiger partial charge in [0.15, 0.2) is 0 Å². The summed E-state index contributed by atoms with van der Waals surface area (Å²) >= 11 is 0.